The van der Waals surface area contributed by atoms with Gasteiger partial charge in [-0.15, -0.1) is 0 Å². The highest BCUT2D eigenvalue weighted by Gasteiger charge is 2.22. The molecule has 0 bridgehead atoms. The van der Waals surface area contributed by atoms with Gasteiger partial charge >= 0.3 is 0 Å². The maximum Gasteiger partial charge on any atom is 0.256 e. The summed E-state index contributed by atoms with van der Waals surface area (Å²) >= 11 is 0. The lowest BCUT2D eigenvalue weighted by molar-refractivity contribution is 0.103. The molecule has 0 fully saturated rings. The third-order valence-electron chi connectivity index (χ3n) is 3.38. The zero-order valence-corrected chi connectivity index (χ0v) is 9.03. The van der Waals surface area contributed by atoms with E-state index in [-0.39, 0.29) is 5.91 Å². The first kappa shape index (κ1) is 8.76. The summed E-state index contributed by atoms with van der Waals surface area (Å²) in [7, 11) is 0. The molecule has 0 unspecified atom stereocenters. The van der Waals surface area contributed by atoms with E-state index in [0.29, 0.717) is 0 Å². The smallest absolute Gasteiger partial charge is 0.256 e. The monoisotopic (exact) mass is 219 g/mol. The molecule has 1 N–H and O–H groups in total. The van der Waals surface area contributed by atoms with Gasteiger partial charge < -0.3 is 5.32 Å². The molecule has 0 saturated carbocycles. The van der Waals surface area contributed by atoms with Crippen molar-refractivity contribution in [3.05, 3.63) is 54.1 Å². The maximum absolute atomic E-state index is 11.9. The lowest BCUT2D eigenvalue weighted by Crippen LogP contribution is -2.03. The number of carbonyl (C=O) groups excluding carboxylic acids is 1. The molecule has 0 atom stereocenters. The molecule has 0 saturated heterocycles. The van der Waals surface area contributed by atoms with Crippen LogP contribution in [0.3, 0.4) is 0 Å². The fourth-order valence-electron chi connectivity index (χ4n) is 2.64. The minimum Gasteiger partial charge on any atom is -0.321 e. The quantitative estimate of drug-likeness (QED) is 0.575. The van der Waals surface area contributed by atoms with Crippen LogP contribution < -0.4 is 5.32 Å². The fourth-order valence-corrected chi connectivity index (χ4v) is 2.64. The number of benzene rings is 3. The predicted molar refractivity (Wildman–Crippen MR) is 69.4 cm³/mol. The van der Waals surface area contributed by atoms with Crippen molar-refractivity contribution >= 4 is 33.1 Å². The van der Waals surface area contributed by atoms with Crippen LogP contribution in [-0.2, 0) is 0 Å². The van der Waals surface area contributed by atoms with Gasteiger partial charge in [-0.1, -0.05) is 36.4 Å². The van der Waals surface area contributed by atoms with Crippen molar-refractivity contribution in [3.63, 3.8) is 0 Å². The average Bonchev–Trinajstić information content (AvgIpc) is 2.68. The summed E-state index contributed by atoms with van der Waals surface area (Å²) in [4.78, 5) is 11.9. The Morgan fingerprint density at radius 3 is 2.65 bits per heavy atom. The van der Waals surface area contributed by atoms with Crippen LogP contribution in [0.2, 0.25) is 0 Å². The van der Waals surface area contributed by atoms with Gasteiger partial charge in [0.25, 0.3) is 5.91 Å². The summed E-state index contributed by atoms with van der Waals surface area (Å²) in [5, 5.41) is 7.42. The SMILES string of the molecule is O=C1Nc2cccc3c2c1cc1ccccc13. The second-order valence-corrected chi connectivity index (χ2v) is 4.33. The second kappa shape index (κ2) is 2.86. The van der Waals surface area contributed by atoms with Gasteiger partial charge in [0.05, 0.1) is 5.56 Å². The molecular weight excluding hydrogens is 210 g/mol. The Morgan fingerprint density at radius 1 is 0.882 bits per heavy atom. The van der Waals surface area contributed by atoms with E-state index in [9.17, 15) is 4.79 Å². The van der Waals surface area contributed by atoms with Crippen molar-refractivity contribution in [2.24, 2.45) is 0 Å². The topological polar surface area (TPSA) is 29.1 Å². The Labute approximate surface area is 97.9 Å². The van der Waals surface area contributed by atoms with Crippen LogP contribution in [0.5, 0.6) is 0 Å². The Kier molecular flexibility index (Phi) is 1.47. The summed E-state index contributed by atoms with van der Waals surface area (Å²) in [5.41, 5.74) is 1.71. The predicted octanol–water partition coefficient (Wildman–Crippen LogP) is 3.56. The summed E-state index contributed by atoms with van der Waals surface area (Å²) in [6.45, 7) is 0. The van der Waals surface area contributed by atoms with E-state index >= 15 is 0 Å². The number of hydrogen-bond acceptors (Lipinski definition) is 1. The highest BCUT2D eigenvalue weighted by Crippen LogP contribution is 2.37. The van der Waals surface area contributed by atoms with Gasteiger partial charge in [0.15, 0.2) is 0 Å². The van der Waals surface area contributed by atoms with E-state index in [1.165, 1.54) is 5.39 Å². The summed E-state index contributed by atoms with van der Waals surface area (Å²) in [6, 6.07) is 16.2. The van der Waals surface area contributed by atoms with Crippen molar-refractivity contribution in [1.82, 2.24) is 0 Å². The van der Waals surface area contributed by atoms with Crippen LogP contribution >= 0.6 is 0 Å². The van der Waals surface area contributed by atoms with Crippen molar-refractivity contribution in [1.29, 1.82) is 0 Å². The van der Waals surface area contributed by atoms with Gasteiger partial charge in [-0.05, 0) is 28.3 Å². The molecule has 17 heavy (non-hydrogen) atoms. The van der Waals surface area contributed by atoms with Crippen molar-refractivity contribution in [3.8, 4) is 0 Å². The van der Waals surface area contributed by atoms with Crippen molar-refractivity contribution in [2.45, 2.75) is 0 Å². The molecule has 0 aliphatic carbocycles. The minimum absolute atomic E-state index is 0.00181. The van der Waals surface area contributed by atoms with Crippen LogP contribution in [0, 0.1) is 0 Å². The first-order chi connectivity index (χ1) is 8.34. The van der Waals surface area contributed by atoms with E-state index in [1.54, 1.807) is 0 Å². The molecular formula is C15H9NO. The lowest BCUT2D eigenvalue weighted by atomic mass is 9.98. The highest BCUT2D eigenvalue weighted by atomic mass is 16.1. The number of fused-ring (bicyclic) bond motifs is 2. The number of carbonyl (C=O) groups is 1. The standard InChI is InChI=1S/C15H9NO/c17-15-12-8-9-4-1-2-5-10(9)11-6-3-7-13(16-15)14(11)12/h1-8H,(H,16,17). The number of hydrogen-bond donors (Lipinski definition) is 1. The molecule has 4 rings (SSSR count). The largest absolute Gasteiger partial charge is 0.321 e. The second-order valence-electron chi connectivity index (χ2n) is 4.33. The molecule has 1 amide bonds. The third kappa shape index (κ3) is 1.02. The van der Waals surface area contributed by atoms with Crippen LogP contribution in [0.1, 0.15) is 10.4 Å². The zero-order chi connectivity index (χ0) is 11.4. The van der Waals surface area contributed by atoms with Crippen LogP contribution in [0.25, 0.3) is 21.5 Å². The molecule has 2 heteroatoms. The molecule has 2 nitrogen and oxygen atoms in total. The van der Waals surface area contributed by atoms with Gasteiger partial charge in [0, 0.05) is 11.1 Å². The van der Waals surface area contributed by atoms with Gasteiger partial charge in [-0.3, -0.25) is 4.79 Å². The Hall–Kier alpha value is -2.35. The zero-order valence-electron chi connectivity index (χ0n) is 9.03. The van der Waals surface area contributed by atoms with E-state index in [0.717, 1.165) is 27.4 Å². The summed E-state index contributed by atoms with van der Waals surface area (Å²) < 4.78 is 0. The van der Waals surface area contributed by atoms with Crippen molar-refractivity contribution < 1.29 is 4.79 Å². The number of amides is 1. The van der Waals surface area contributed by atoms with E-state index in [1.807, 2.05) is 36.4 Å². The maximum atomic E-state index is 11.9. The van der Waals surface area contributed by atoms with Gasteiger partial charge in [0.1, 0.15) is 0 Å². The van der Waals surface area contributed by atoms with Crippen LogP contribution in [0.15, 0.2) is 48.5 Å². The third-order valence-corrected chi connectivity index (χ3v) is 3.38. The normalized spacial score (nSPS) is 13.3. The van der Waals surface area contributed by atoms with E-state index in [2.05, 4.69) is 17.4 Å². The summed E-state index contributed by atoms with van der Waals surface area (Å²) in [6.07, 6.45) is 0. The number of anilines is 1. The first-order valence-electron chi connectivity index (χ1n) is 5.60. The Balaban J connectivity index is 2.36. The molecule has 0 aromatic heterocycles. The average molecular weight is 219 g/mol. The molecule has 1 aliphatic heterocycles. The molecule has 3 aromatic rings. The minimum atomic E-state index is 0.00181. The molecule has 1 aliphatic rings. The fraction of sp³-hybridized carbons (Fsp3) is 0. The molecule has 80 valence electrons. The van der Waals surface area contributed by atoms with E-state index < -0.39 is 0 Å². The van der Waals surface area contributed by atoms with Crippen LogP contribution in [0.4, 0.5) is 5.69 Å². The molecule has 3 aromatic carbocycles. The van der Waals surface area contributed by atoms with Gasteiger partial charge in [-0.25, -0.2) is 0 Å². The lowest BCUT2D eigenvalue weighted by Gasteiger charge is -2.04. The number of rotatable bonds is 0. The van der Waals surface area contributed by atoms with Gasteiger partial charge in [-0.2, -0.15) is 0 Å². The molecule has 0 spiro atoms. The van der Waals surface area contributed by atoms with Crippen molar-refractivity contribution in [2.75, 3.05) is 5.32 Å². The molecule has 0 radical (unpaired) electrons. The van der Waals surface area contributed by atoms with Crippen LogP contribution in [-0.4, -0.2) is 5.91 Å². The highest BCUT2D eigenvalue weighted by molar-refractivity contribution is 6.28. The Bertz CT molecular complexity index is 789. The Morgan fingerprint density at radius 2 is 1.71 bits per heavy atom. The number of nitrogens with one attached hydrogen (secondary N) is 1. The first-order valence-corrected chi connectivity index (χ1v) is 5.60. The van der Waals surface area contributed by atoms with E-state index in [4.69, 9.17) is 0 Å². The molecule has 1 heterocycles. The van der Waals surface area contributed by atoms with Gasteiger partial charge in [0.2, 0.25) is 0 Å². The summed E-state index contributed by atoms with van der Waals surface area (Å²) in [5.74, 6) is 0.00181.